The first-order valence-electron chi connectivity index (χ1n) is 7.11. The molecule has 1 aromatic carbocycles. The molecule has 0 saturated heterocycles. The van der Waals surface area contributed by atoms with Gasteiger partial charge >= 0.3 is 5.04 Å². The third-order valence-electron chi connectivity index (χ3n) is 3.13. The fraction of sp³-hybridized carbons (Fsp3) is 0.312. The summed E-state index contributed by atoms with van der Waals surface area (Å²) in [4.78, 5) is 26.1. The summed E-state index contributed by atoms with van der Waals surface area (Å²) in [6, 6.07) is 7.21. The van der Waals surface area contributed by atoms with Crippen LogP contribution in [0.2, 0.25) is 0 Å². The topological polar surface area (TPSA) is 105 Å². The maximum absolute atomic E-state index is 12.3. The Balaban J connectivity index is 2.76. The molecule has 0 bridgehead atoms. The van der Waals surface area contributed by atoms with Crippen LogP contribution in [-0.2, 0) is 19.4 Å². The number of carbonyl (C=O) groups excluding carboxylic acids is 2. The Kier molecular flexibility index (Phi) is 7.25. The highest BCUT2D eigenvalue weighted by Gasteiger charge is 2.36. The van der Waals surface area contributed by atoms with Crippen LogP contribution in [0.15, 0.2) is 47.9 Å². The third kappa shape index (κ3) is 5.39. The first kappa shape index (κ1) is 18.7. The van der Waals surface area contributed by atoms with E-state index in [2.05, 4.69) is 11.4 Å². The van der Waals surface area contributed by atoms with Crippen molar-refractivity contribution in [2.75, 3.05) is 0 Å². The molecule has 122 valence electrons. The molecule has 0 aliphatic carbocycles. The van der Waals surface area contributed by atoms with Gasteiger partial charge in [-0.05, 0) is 25.0 Å². The minimum atomic E-state index is -4.19. The van der Waals surface area contributed by atoms with Crippen molar-refractivity contribution in [3.8, 4) is 0 Å². The van der Waals surface area contributed by atoms with Crippen LogP contribution in [0.3, 0.4) is 0 Å². The van der Waals surface area contributed by atoms with E-state index in [-0.39, 0.29) is 23.5 Å². The summed E-state index contributed by atoms with van der Waals surface area (Å²) in [5.41, 5.74) is 8.92. The fourth-order valence-corrected chi connectivity index (χ4v) is 3.15. The predicted molar refractivity (Wildman–Crippen MR) is 85.6 cm³/mol. The lowest BCUT2D eigenvalue weighted by Crippen LogP contribution is -2.26. The molecular weight excluding hydrogens is 316 g/mol. The van der Waals surface area contributed by atoms with E-state index in [9.17, 15) is 18.0 Å². The number of sulfone groups is 1. The Morgan fingerprint density at radius 3 is 2.35 bits per heavy atom. The molecular formula is C16H18N2O4S. The van der Waals surface area contributed by atoms with Gasteiger partial charge in [-0.1, -0.05) is 24.3 Å². The second-order valence-corrected chi connectivity index (χ2v) is 6.73. The summed E-state index contributed by atoms with van der Waals surface area (Å²) in [7, 11) is -4.19. The highest BCUT2D eigenvalue weighted by Crippen LogP contribution is 2.13. The maximum Gasteiger partial charge on any atom is 0.451 e. The highest BCUT2D eigenvalue weighted by atomic mass is 32.2. The summed E-state index contributed by atoms with van der Waals surface area (Å²) in [6.07, 6.45) is 2.95. The van der Waals surface area contributed by atoms with Crippen molar-refractivity contribution in [3.05, 3.63) is 48.5 Å². The van der Waals surface area contributed by atoms with Crippen molar-refractivity contribution >= 4 is 26.4 Å². The van der Waals surface area contributed by atoms with Gasteiger partial charge in [0, 0.05) is 19.3 Å². The van der Waals surface area contributed by atoms with Gasteiger partial charge < -0.3 is 5.53 Å². The number of benzene rings is 1. The SMILES string of the molecule is C=CCCCC(=O)CCC(=O)C(=[N+]=[N-])S(=O)(=O)c1ccccc1. The van der Waals surface area contributed by atoms with Crippen molar-refractivity contribution in [2.24, 2.45) is 0 Å². The summed E-state index contributed by atoms with van der Waals surface area (Å²) >= 11 is 0. The molecule has 0 radical (unpaired) electrons. The summed E-state index contributed by atoms with van der Waals surface area (Å²) in [5, 5.41) is -0.942. The van der Waals surface area contributed by atoms with Crippen LogP contribution in [0.25, 0.3) is 5.53 Å². The van der Waals surface area contributed by atoms with E-state index in [1.807, 2.05) is 0 Å². The van der Waals surface area contributed by atoms with Gasteiger partial charge in [0.2, 0.25) is 0 Å². The van der Waals surface area contributed by atoms with Gasteiger partial charge in [-0.2, -0.15) is 0 Å². The van der Waals surface area contributed by atoms with E-state index in [0.717, 1.165) is 0 Å². The Bertz CT molecular complexity index is 733. The maximum atomic E-state index is 12.3. The van der Waals surface area contributed by atoms with Gasteiger partial charge in [0.15, 0.2) is 0 Å². The molecule has 0 amide bonds. The number of unbranched alkanes of at least 4 members (excludes halogenated alkanes) is 1. The zero-order valence-electron chi connectivity index (χ0n) is 12.6. The quantitative estimate of drug-likeness (QED) is 0.173. The standard InChI is InChI=1S/C16H18N2O4S/c1-2-3-5-8-13(19)11-12-15(20)16(18-17)23(21,22)14-9-6-4-7-10-14/h2,4,6-7,9-10H,1,3,5,8,11-12H2. The summed E-state index contributed by atoms with van der Waals surface area (Å²) in [5.74, 6) is -1.02. The molecule has 0 heterocycles. The minimum absolute atomic E-state index is 0.0840. The molecule has 7 heteroatoms. The van der Waals surface area contributed by atoms with E-state index >= 15 is 0 Å². The molecule has 0 aromatic heterocycles. The highest BCUT2D eigenvalue weighted by molar-refractivity contribution is 8.08. The predicted octanol–water partition coefficient (Wildman–Crippen LogP) is 2.36. The fourth-order valence-electron chi connectivity index (χ4n) is 1.90. The molecule has 0 unspecified atom stereocenters. The molecule has 0 saturated carbocycles. The van der Waals surface area contributed by atoms with E-state index in [4.69, 9.17) is 5.53 Å². The van der Waals surface area contributed by atoms with Gasteiger partial charge in [0.1, 0.15) is 5.78 Å². The van der Waals surface area contributed by atoms with Crippen molar-refractivity contribution in [3.63, 3.8) is 0 Å². The number of carbonyl (C=O) groups is 2. The van der Waals surface area contributed by atoms with Crippen molar-refractivity contribution in [2.45, 2.75) is 37.0 Å². The van der Waals surface area contributed by atoms with Crippen LogP contribution in [0.1, 0.15) is 32.1 Å². The molecule has 0 aliphatic rings. The smallest absolute Gasteiger partial charge is 0.360 e. The van der Waals surface area contributed by atoms with Crippen LogP contribution in [-0.4, -0.2) is 29.8 Å². The summed E-state index contributed by atoms with van der Waals surface area (Å²) in [6.45, 7) is 3.55. The van der Waals surface area contributed by atoms with Crippen LogP contribution >= 0.6 is 0 Å². The number of ketones is 2. The molecule has 0 N–H and O–H groups in total. The second kappa shape index (κ2) is 8.92. The number of allylic oxidation sites excluding steroid dienone is 1. The van der Waals surface area contributed by atoms with E-state index in [1.165, 1.54) is 24.3 Å². The molecule has 0 fully saturated rings. The first-order valence-corrected chi connectivity index (χ1v) is 8.59. The Labute approximate surface area is 135 Å². The van der Waals surface area contributed by atoms with Crippen LogP contribution in [0.5, 0.6) is 0 Å². The lowest BCUT2D eigenvalue weighted by Gasteiger charge is -2.00. The number of hydrogen-bond donors (Lipinski definition) is 0. The monoisotopic (exact) mass is 334 g/mol. The van der Waals surface area contributed by atoms with E-state index in [0.29, 0.717) is 19.3 Å². The van der Waals surface area contributed by atoms with Crippen molar-refractivity contribution in [1.82, 2.24) is 0 Å². The lowest BCUT2D eigenvalue weighted by atomic mass is 10.1. The van der Waals surface area contributed by atoms with Crippen LogP contribution in [0, 0.1) is 0 Å². The largest absolute Gasteiger partial charge is 0.451 e. The van der Waals surface area contributed by atoms with Gasteiger partial charge in [-0.3, -0.25) is 9.59 Å². The van der Waals surface area contributed by atoms with Gasteiger partial charge in [0.25, 0.3) is 15.6 Å². The molecule has 23 heavy (non-hydrogen) atoms. The number of nitrogens with zero attached hydrogens (tertiary/aromatic N) is 2. The van der Waals surface area contributed by atoms with E-state index in [1.54, 1.807) is 12.1 Å². The Morgan fingerprint density at radius 1 is 1.13 bits per heavy atom. The average molecular weight is 334 g/mol. The average Bonchev–Trinajstić information content (AvgIpc) is 2.54. The van der Waals surface area contributed by atoms with Gasteiger partial charge in [0.05, 0.1) is 4.90 Å². The zero-order chi connectivity index (χ0) is 17.3. The van der Waals surface area contributed by atoms with Crippen LogP contribution in [0.4, 0.5) is 0 Å². The number of rotatable bonds is 9. The van der Waals surface area contributed by atoms with Crippen molar-refractivity contribution < 1.29 is 22.8 Å². The lowest BCUT2D eigenvalue weighted by molar-refractivity contribution is -0.122. The molecule has 1 rings (SSSR count). The number of Topliss-reactive ketones (excluding diaryl/α,β-unsaturated/α-hetero) is 2. The van der Waals surface area contributed by atoms with E-state index < -0.39 is 20.7 Å². The Morgan fingerprint density at radius 2 is 1.78 bits per heavy atom. The second-order valence-electron chi connectivity index (χ2n) is 4.86. The minimum Gasteiger partial charge on any atom is -0.360 e. The van der Waals surface area contributed by atoms with Gasteiger partial charge in [-0.25, -0.2) is 8.42 Å². The Hall–Kier alpha value is -2.37. The van der Waals surface area contributed by atoms with Crippen molar-refractivity contribution in [1.29, 1.82) is 0 Å². The first-order chi connectivity index (χ1) is 10.9. The third-order valence-corrected chi connectivity index (χ3v) is 4.84. The molecule has 0 atom stereocenters. The number of hydrogen-bond acceptors (Lipinski definition) is 4. The van der Waals surface area contributed by atoms with Crippen LogP contribution < -0.4 is 0 Å². The zero-order valence-corrected chi connectivity index (χ0v) is 13.5. The van der Waals surface area contributed by atoms with Gasteiger partial charge in [-0.15, -0.1) is 11.4 Å². The molecule has 6 nitrogen and oxygen atoms in total. The normalized spacial score (nSPS) is 10.6. The summed E-state index contributed by atoms with van der Waals surface area (Å²) < 4.78 is 24.5. The molecule has 0 spiro atoms. The molecule has 0 aliphatic heterocycles. The molecule has 1 aromatic rings.